The number of carbonyl (C=O) groups excluding carboxylic acids is 3. The number of carbonyl (C=O) groups is 3. The van der Waals surface area contributed by atoms with E-state index in [-0.39, 0.29) is 23.8 Å². The molecule has 3 rings (SSSR count). The van der Waals surface area contributed by atoms with Gasteiger partial charge in [0.2, 0.25) is 5.91 Å². The van der Waals surface area contributed by atoms with Crippen molar-refractivity contribution in [2.45, 2.75) is 58.5 Å². The number of rotatable bonds is 6. The van der Waals surface area contributed by atoms with E-state index >= 15 is 0 Å². The number of aryl methyl sites for hydroxylation is 2. The van der Waals surface area contributed by atoms with Gasteiger partial charge in [0.1, 0.15) is 11.4 Å². The van der Waals surface area contributed by atoms with E-state index in [1.54, 1.807) is 11.1 Å². The van der Waals surface area contributed by atoms with Crippen LogP contribution in [0.3, 0.4) is 0 Å². The zero-order valence-electron chi connectivity index (χ0n) is 16.4. The molecule has 2 aliphatic rings. The van der Waals surface area contributed by atoms with Crippen molar-refractivity contribution in [2.24, 2.45) is 5.92 Å². The summed E-state index contributed by atoms with van der Waals surface area (Å²) >= 11 is 0. The lowest BCUT2D eigenvalue weighted by Gasteiger charge is -2.42. The van der Waals surface area contributed by atoms with Crippen molar-refractivity contribution in [3.05, 3.63) is 18.2 Å². The van der Waals surface area contributed by atoms with Crippen LogP contribution in [-0.2, 0) is 22.6 Å². The summed E-state index contributed by atoms with van der Waals surface area (Å²) in [5.41, 5.74) is -0.794. The number of aromatic nitrogens is 2. The molecular formula is C19H29N5O3. The van der Waals surface area contributed by atoms with Gasteiger partial charge in [-0.25, -0.2) is 9.78 Å². The Kier molecular flexibility index (Phi) is 5.53. The van der Waals surface area contributed by atoms with E-state index in [1.165, 1.54) is 0 Å². The van der Waals surface area contributed by atoms with Crippen LogP contribution >= 0.6 is 0 Å². The first-order chi connectivity index (χ1) is 12.9. The smallest absolute Gasteiger partial charge is 0.325 e. The number of piperidine rings is 1. The average Bonchev–Trinajstić information content (AvgIpc) is 3.18. The lowest BCUT2D eigenvalue weighted by molar-refractivity contribution is -0.138. The number of amides is 4. The number of urea groups is 1. The maximum absolute atomic E-state index is 12.6. The molecule has 2 saturated heterocycles. The SMILES string of the molecule is CCc1nccn1CCC(=O)N1CCC2(CC1)C(=O)NC(=O)N2CC(C)C. The van der Waals surface area contributed by atoms with Crippen LogP contribution in [0.15, 0.2) is 12.4 Å². The van der Waals surface area contributed by atoms with E-state index in [0.29, 0.717) is 45.4 Å². The summed E-state index contributed by atoms with van der Waals surface area (Å²) in [6.45, 7) is 8.26. The third-order valence-corrected chi connectivity index (χ3v) is 5.58. The summed E-state index contributed by atoms with van der Waals surface area (Å²) in [5.74, 6) is 1.12. The van der Waals surface area contributed by atoms with Crippen LogP contribution in [0, 0.1) is 5.92 Å². The van der Waals surface area contributed by atoms with Crippen LogP contribution < -0.4 is 5.32 Å². The van der Waals surface area contributed by atoms with Gasteiger partial charge in [-0.1, -0.05) is 20.8 Å². The highest BCUT2D eigenvalue weighted by molar-refractivity contribution is 6.07. The van der Waals surface area contributed by atoms with Crippen molar-refractivity contribution in [1.29, 1.82) is 0 Å². The summed E-state index contributed by atoms with van der Waals surface area (Å²) < 4.78 is 2.01. The highest BCUT2D eigenvalue weighted by Gasteiger charge is 2.54. The van der Waals surface area contributed by atoms with Crippen molar-refractivity contribution in [3.63, 3.8) is 0 Å². The maximum Gasteiger partial charge on any atom is 0.325 e. The second-order valence-corrected chi connectivity index (χ2v) is 7.82. The molecule has 0 atom stereocenters. The maximum atomic E-state index is 12.6. The van der Waals surface area contributed by atoms with E-state index in [0.717, 1.165) is 12.2 Å². The minimum atomic E-state index is -0.794. The van der Waals surface area contributed by atoms with Crippen molar-refractivity contribution in [3.8, 4) is 0 Å². The van der Waals surface area contributed by atoms with E-state index in [9.17, 15) is 14.4 Å². The van der Waals surface area contributed by atoms with Gasteiger partial charge in [0, 0.05) is 51.4 Å². The summed E-state index contributed by atoms with van der Waals surface area (Å²) in [7, 11) is 0. The minimum absolute atomic E-state index is 0.0840. The molecule has 4 amide bonds. The lowest BCUT2D eigenvalue weighted by Crippen LogP contribution is -2.58. The van der Waals surface area contributed by atoms with Crippen molar-refractivity contribution >= 4 is 17.8 Å². The van der Waals surface area contributed by atoms with Crippen molar-refractivity contribution < 1.29 is 14.4 Å². The van der Waals surface area contributed by atoms with E-state index in [4.69, 9.17) is 0 Å². The fourth-order valence-electron chi connectivity index (χ4n) is 4.08. The fourth-order valence-corrected chi connectivity index (χ4v) is 4.08. The number of nitrogens with zero attached hydrogens (tertiary/aromatic N) is 4. The summed E-state index contributed by atoms with van der Waals surface area (Å²) in [5, 5.41) is 2.47. The molecule has 148 valence electrons. The summed E-state index contributed by atoms with van der Waals surface area (Å²) in [4.78, 5) is 45.1. The quantitative estimate of drug-likeness (QED) is 0.762. The molecule has 0 bridgehead atoms. The Morgan fingerprint density at radius 3 is 2.63 bits per heavy atom. The summed E-state index contributed by atoms with van der Waals surface area (Å²) in [6, 6.07) is -0.305. The number of imide groups is 1. The Morgan fingerprint density at radius 2 is 2.00 bits per heavy atom. The largest absolute Gasteiger partial charge is 0.342 e. The number of imidazole rings is 1. The topological polar surface area (TPSA) is 87.5 Å². The molecule has 0 saturated carbocycles. The van der Waals surface area contributed by atoms with Gasteiger partial charge in [-0.05, 0) is 18.8 Å². The van der Waals surface area contributed by atoms with Gasteiger partial charge >= 0.3 is 6.03 Å². The van der Waals surface area contributed by atoms with E-state index in [2.05, 4.69) is 10.3 Å². The van der Waals surface area contributed by atoms with Gasteiger partial charge < -0.3 is 14.4 Å². The Morgan fingerprint density at radius 1 is 1.30 bits per heavy atom. The van der Waals surface area contributed by atoms with Crippen LogP contribution in [-0.4, -0.2) is 62.4 Å². The first kappa shape index (κ1) is 19.4. The Hall–Kier alpha value is -2.38. The van der Waals surface area contributed by atoms with Gasteiger partial charge in [0.15, 0.2) is 0 Å². The Labute approximate surface area is 159 Å². The molecule has 1 aromatic rings. The van der Waals surface area contributed by atoms with Crippen LogP contribution in [0.1, 0.15) is 45.9 Å². The average molecular weight is 375 g/mol. The van der Waals surface area contributed by atoms with Gasteiger partial charge in [0.05, 0.1) is 0 Å². The van der Waals surface area contributed by atoms with Crippen LogP contribution in [0.2, 0.25) is 0 Å². The molecule has 0 aromatic carbocycles. The molecule has 0 unspecified atom stereocenters. The van der Waals surface area contributed by atoms with Crippen LogP contribution in [0.4, 0.5) is 4.79 Å². The fraction of sp³-hybridized carbons (Fsp3) is 0.684. The molecule has 1 aromatic heterocycles. The zero-order valence-corrected chi connectivity index (χ0v) is 16.4. The first-order valence-corrected chi connectivity index (χ1v) is 9.78. The van der Waals surface area contributed by atoms with Crippen LogP contribution in [0.5, 0.6) is 0 Å². The van der Waals surface area contributed by atoms with Gasteiger partial charge in [-0.2, -0.15) is 0 Å². The van der Waals surface area contributed by atoms with Crippen molar-refractivity contribution in [2.75, 3.05) is 19.6 Å². The third-order valence-electron chi connectivity index (χ3n) is 5.58. The Balaban J connectivity index is 1.59. The predicted octanol–water partition coefficient (Wildman–Crippen LogP) is 1.40. The zero-order chi connectivity index (χ0) is 19.6. The molecule has 1 N–H and O–H groups in total. The number of hydrogen-bond donors (Lipinski definition) is 1. The molecule has 8 heteroatoms. The number of likely N-dealkylation sites (tertiary alicyclic amines) is 1. The van der Waals surface area contributed by atoms with Gasteiger partial charge in [0.25, 0.3) is 5.91 Å². The normalized spacial score (nSPS) is 19.3. The molecule has 3 heterocycles. The van der Waals surface area contributed by atoms with Gasteiger partial charge in [-0.15, -0.1) is 0 Å². The molecule has 0 radical (unpaired) electrons. The minimum Gasteiger partial charge on any atom is -0.342 e. The molecule has 27 heavy (non-hydrogen) atoms. The molecular weight excluding hydrogens is 346 g/mol. The molecule has 1 spiro atoms. The third kappa shape index (κ3) is 3.70. The molecule has 2 fully saturated rings. The predicted molar refractivity (Wildman–Crippen MR) is 99.8 cm³/mol. The van der Waals surface area contributed by atoms with Gasteiger partial charge in [-0.3, -0.25) is 14.9 Å². The van der Waals surface area contributed by atoms with Crippen LogP contribution in [0.25, 0.3) is 0 Å². The molecule has 0 aliphatic carbocycles. The van der Waals surface area contributed by atoms with E-state index < -0.39 is 5.54 Å². The summed E-state index contributed by atoms with van der Waals surface area (Å²) in [6.07, 6.45) is 5.89. The van der Waals surface area contributed by atoms with Crippen molar-refractivity contribution in [1.82, 2.24) is 24.7 Å². The second kappa shape index (κ2) is 7.70. The standard InChI is InChI=1S/C19H29N5O3/c1-4-15-20-8-12-22(15)9-5-16(25)23-10-6-19(7-11-23)17(26)21-18(27)24(19)13-14(2)3/h8,12,14H,4-7,9-11,13H2,1-3H3,(H,21,26,27). The Bertz CT molecular complexity index is 719. The number of nitrogens with one attached hydrogen (secondary N) is 1. The molecule has 8 nitrogen and oxygen atoms in total. The number of hydrogen-bond acceptors (Lipinski definition) is 4. The second-order valence-electron chi connectivity index (χ2n) is 7.82. The van der Waals surface area contributed by atoms with E-state index in [1.807, 2.05) is 36.4 Å². The monoisotopic (exact) mass is 375 g/mol. The lowest BCUT2D eigenvalue weighted by atomic mass is 9.85. The molecule has 2 aliphatic heterocycles. The highest BCUT2D eigenvalue weighted by Crippen LogP contribution is 2.34. The first-order valence-electron chi connectivity index (χ1n) is 9.78. The highest BCUT2D eigenvalue weighted by atomic mass is 16.2.